The number of hydrogen-bond donors (Lipinski definition) is 0. The quantitative estimate of drug-likeness (QED) is 0.677. The molecule has 0 saturated heterocycles. The maximum absolute atomic E-state index is 5.46. The fraction of sp³-hybridized carbons (Fsp3) is 0. The van der Waals surface area contributed by atoms with Crippen molar-refractivity contribution in [2.45, 2.75) is 0 Å². The Kier molecular flexibility index (Phi) is 3.06. The minimum absolute atomic E-state index is 0.767. The Labute approximate surface area is 114 Å². The van der Waals surface area contributed by atoms with Gasteiger partial charge in [0.15, 0.2) is 0 Å². The van der Waals surface area contributed by atoms with E-state index < -0.39 is 0 Å². The predicted octanol–water partition coefficient (Wildman–Crippen LogP) is 2.73. The van der Waals surface area contributed by atoms with E-state index in [-0.39, 0.29) is 0 Å². The van der Waals surface area contributed by atoms with E-state index >= 15 is 0 Å². The molecule has 0 aliphatic rings. The molecule has 0 aliphatic heterocycles. The first-order valence-corrected chi connectivity index (χ1v) is 6.93. The summed E-state index contributed by atoms with van der Waals surface area (Å²) in [4.78, 5) is 0. The fourth-order valence-corrected chi connectivity index (χ4v) is 3.73. The third-order valence-electron chi connectivity index (χ3n) is 2.60. The Morgan fingerprint density at radius 2 is 1.28 bits per heavy atom. The second-order valence-corrected chi connectivity index (χ2v) is 5.33. The molecule has 18 heavy (non-hydrogen) atoms. The van der Waals surface area contributed by atoms with E-state index in [1.165, 1.54) is 12.3 Å². The van der Waals surface area contributed by atoms with Gasteiger partial charge in [-0.05, 0) is 0 Å². The summed E-state index contributed by atoms with van der Waals surface area (Å²) in [6.07, 6.45) is 2.39. The summed E-state index contributed by atoms with van der Waals surface area (Å²) >= 11 is 3.16. The third-order valence-corrected chi connectivity index (χ3v) is 4.43. The van der Waals surface area contributed by atoms with Crippen LogP contribution in [0.1, 0.15) is 0 Å². The molecule has 0 unspecified atom stereocenters. The van der Waals surface area contributed by atoms with Gasteiger partial charge in [0.05, 0.1) is 0 Å². The second kappa shape index (κ2) is 4.71. The molecule has 2 heterocycles. The van der Waals surface area contributed by atoms with Crippen molar-refractivity contribution in [3.63, 3.8) is 0 Å². The summed E-state index contributed by atoms with van der Waals surface area (Å²) in [6.45, 7) is 0. The van der Waals surface area contributed by atoms with Crippen LogP contribution in [0.3, 0.4) is 0 Å². The zero-order valence-corrected chi connectivity index (χ0v) is 10.9. The van der Waals surface area contributed by atoms with Gasteiger partial charge < -0.3 is 0 Å². The summed E-state index contributed by atoms with van der Waals surface area (Å²) in [5.41, 5.74) is 0. The topological polar surface area (TPSA) is 18.5 Å². The molecule has 0 N–H and O–H groups in total. The van der Waals surface area contributed by atoms with E-state index in [1.807, 2.05) is 22.9 Å². The number of thiophene rings is 2. The van der Waals surface area contributed by atoms with Crippen LogP contribution >= 0.6 is 22.7 Å². The Balaban J connectivity index is 2.47. The van der Waals surface area contributed by atoms with Crippen molar-refractivity contribution in [1.29, 1.82) is 0 Å². The zero-order chi connectivity index (χ0) is 12.5. The number of benzene rings is 1. The number of ether oxygens (including phenoxy) is 2. The van der Waals surface area contributed by atoms with Crippen molar-refractivity contribution < 1.29 is 9.47 Å². The Hall–Kier alpha value is -1.39. The van der Waals surface area contributed by atoms with Crippen molar-refractivity contribution in [1.82, 2.24) is 0 Å². The van der Waals surface area contributed by atoms with Crippen molar-refractivity contribution in [3.8, 4) is 11.5 Å². The summed E-state index contributed by atoms with van der Waals surface area (Å²) in [7, 11) is 10.8. The molecule has 6 heteroatoms. The zero-order valence-electron chi connectivity index (χ0n) is 9.25. The number of rotatable bonds is 4. The number of fused-ring (bicyclic) bond motifs is 2. The average molecular weight is 268 g/mol. The SMILES string of the molecule is [B]=COc1c2ccsc2c(OC=[B])c2ccsc12. The van der Waals surface area contributed by atoms with Crippen LogP contribution in [0.15, 0.2) is 22.9 Å². The van der Waals surface area contributed by atoms with Crippen molar-refractivity contribution in [2.75, 3.05) is 0 Å². The first-order chi connectivity index (χ1) is 8.86. The predicted molar refractivity (Wildman–Crippen MR) is 82.1 cm³/mol. The third kappa shape index (κ3) is 1.64. The summed E-state index contributed by atoms with van der Waals surface area (Å²) in [5, 5.41) is 5.93. The van der Waals surface area contributed by atoms with Crippen LogP contribution in [-0.2, 0) is 0 Å². The van der Waals surface area contributed by atoms with Gasteiger partial charge in [-0.1, -0.05) is 0 Å². The normalized spacial score (nSPS) is 10.6. The number of hydrogen-bond acceptors (Lipinski definition) is 4. The molecule has 0 fully saturated rings. The fourth-order valence-electron chi connectivity index (χ4n) is 1.94. The van der Waals surface area contributed by atoms with Gasteiger partial charge in [0.2, 0.25) is 0 Å². The first kappa shape index (κ1) is 11.7. The van der Waals surface area contributed by atoms with Crippen LogP contribution in [0.5, 0.6) is 11.5 Å². The van der Waals surface area contributed by atoms with Crippen molar-refractivity contribution >= 4 is 70.1 Å². The van der Waals surface area contributed by atoms with Gasteiger partial charge in [-0.15, -0.1) is 0 Å². The molecule has 0 saturated carbocycles. The van der Waals surface area contributed by atoms with Gasteiger partial charge in [0.25, 0.3) is 0 Å². The van der Waals surface area contributed by atoms with Crippen LogP contribution in [0.4, 0.5) is 0 Å². The Bertz CT molecular complexity index is 634. The van der Waals surface area contributed by atoms with E-state index in [0.717, 1.165) is 31.7 Å². The molecular formula is C12H6B2O2S2. The molecule has 0 spiro atoms. The molecule has 2 aromatic heterocycles. The molecule has 2 radical (unpaired) electrons. The monoisotopic (exact) mass is 268 g/mol. The summed E-state index contributed by atoms with van der Waals surface area (Å²) in [5.74, 6) is 1.53. The van der Waals surface area contributed by atoms with Gasteiger partial charge in [0, 0.05) is 0 Å². The van der Waals surface area contributed by atoms with Crippen LogP contribution in [0.25, 0.3) is 20.2 Å². The van der Waals surface area contributed by atoms with E-state index in [4.69, 9.17) is 24.4 Å². The Morgan fingerprint density at radius 3 is 1.67 bits per heavy atom. The maximum atomic E-state index is 5.46. The second-order valence-electron chi connectivity index (χ2n) is 3.49. The molecule has 0 atom stereocenters. The molecule has 2 nitrogen and oxygen atoms in total. The summed E-state index contributed by atoms with van der Waals surface area (Å²) in [6, 6.07) is 3.97. The van der Waals surface area contributed by atoms with Crippen LogP contribution in [0.2, 0.25) is 0 Å². The van der Waals surface area contributed by atoms with E-state index in [0.29, 0.717) is 0 Å². The molecule has 0 bridgehead atoms. The minimum atomic E-state index is 0.767. The van der Waals surface area contributed by atoms with E-state index in [1.54, 1.807) is 22.7 Å². The van der Waals surface area contributed by atoms with Gasteiger partial charge in [-0.2, -0.15) is 0 Å². The molecule has 3 rings (SSSR count). The standard InChI is InChI=1S/C12H6B2O2S2/c13-5-15-9-7-1-3-17-11(7)10(16-6-14)8-2-4-18-12(8)9/h1-6H. The van der Waals surface area contributed by atoms with E-state index in [9.17, 15) is 0 Å². The van der Waals surface area contributed by atoms with Crippen molar-refractivity contribution in [2.24, 2.45) is 0 Å². The molecule has 1 aromatic carbocycles. The molecule has 84 valence electrons. The Morgan fingerprint density at radius 1 is 0.833 bits per heavy atom. The molecule has 0 amide bonds. The molecule has 0 aliphatic carbocycles. The van der Waals surface area contributed by atoms with Gasteiger partial charge in [0.1, 0.15) is 0 Å². The van der Waals surface area contributed by atoms with Gasteiger partial charge in [-0.3, -0.25) is 0 Å². The van der Waals surface area contributed by atoms with E-state index in [2.05, 4.69) is 0 Å². The molecule has 3 aromatic rings. The first-order valence-electron chi connectivity index (χ1n) is 5.17. The molecular weight excluding hydrogens is 262 g/mol. The van der Waals surface area contributed by atoms with Crippen LogP contribution < -0.4 is 9.47 Å². The van der Waals surface area contributed by atoms with Crippen LogP contribution in [0, 0.1) is 0 Å². The average Bonchev–Trinajstić information content (AvgIpc) is 3.01. The van der Waals surface area contributed by atoms with Gasteiger partial charge in [-0.25, -0.2) is 0 Å². The van der Waals surface area contributed by atoms with Gasteiger partial charge >= 0.3 is 114 Å². The van der Waals surface area contributed by atoms with Crippen LogP contribution in [-0.4, -0.2) is 27.3 Å². The van der Waals surface area contributed by atoms with Crippen molar-refractivity contribution in [3.05, 3.63) is 22.9 Å². The summed E-state index contributed by atoms with van der Waals surface area (Å²) < 4.78 is 12.9.